The number of carbonyl (C=O) groups is 2. The van der Waals surface area contributed by atoms with Gasteiger partial charge < -0.3 is 15.1 Å². The van der Waals surface area contributed by atoms with E-state index in [0.717, 1.165) is 22.6 Å². The number of nitrogens with zero attached hydrogens (tertiary/aromatic N) is 2. The van der Waals surface area contributed by atoms with E-state index < -0.39 is 48.5 Å². The summed E-state index contributed by atoms with van der Waals surface area (Å²) in [6.45, 7) is 1.11. The third-order valence-corrected chi connectivity index (χ3v) is 6.22. The quantitative estimate of drug-likeness (QED) is 0.226. The Hall–Kier alpha value is -2.66. The summed E-state index contributed by atoms with van der Waals surface area (Å²) >= 11 is 11.8. The third kappa shape index (κ3) is 9.58. The van der Waals surface area contributed by atoms with Crippen LogP contribution < -0.4 is 5.32 Å². The van der Waals surface area contributed by atoms with Gasteiger partial charge in [-0.05, 0) is 48.4 Å². The van der Waals surface area contributed by atoms with Gasteiger partial charge in [0.05, 0.1) is 21.2 Å². The molecule has 210 valence electrons. The van der Waals surface area contributed by atoms with Gasteiger partial charge in [0.1, 0.15) is 6.54 Å². The molecule has 0 aromatic heterocycles. The van der Waals surface area contributed by atoms with E-state index >= 15 is 0 Å². The second-order valence-corrected chi connectivity index (χ2v) is 9.53. The zero-order valence-electron chi connectivity index (χ0n) is 20.6. The lowest BCUT2D eigenvalue weighted by Crippen LogP contribution is -2.44. The normalized spacial score (nSPS) is 11.8. The maximum absolute atomic E-state index is 13.3. The first-order valence-corrected chi connectivity index (χ1v) is 12.4. The predicted molar refractivity (Wildman–Crippen MR) is 134 cm³/mol. The van der Waals surface area contributed by atoms with Crippen LogP contribution in [0.2, 0.25) is 10.0 Å². The van der Waals surface area contributed by atoms with E-state index in [4.69, 9.17) is 23.2 Å². The molecule has 0 fully saturated rings. The van der Waals surface area contributed by atoms with Crippen molar-refractivity contribution in [2.45, 2.75) is 51.5 Å². The first-order chi connectivity index (χ1) is 17.6. The summed E-state index contributed by atoms with van der Waals surface area (Å²) in [6, 6.07) is 4.89. The molecule has 0 radical (unpaired) electrons. The Morgan fingerprint density at radius 3 is 2.00 bits per heavy atom. The van der Waals surface area contributed by atoms with E-state index in [9.17, 15) is 35.9 Å². The van der Waals surface area contributed by atoms with Crippen molar-refractivity contribution in [3.05, 3.63) is 63.1 Å². The molecule has 0 aliphatic heterocycles. The molecule has 0 heterocycles. The molecule has 3 amide bonds. The molecule has 38 heavy (non-hydrogen) atoms. The highest BCUT2D eigenvalue weighted by molar-refractivity contribution is 6.42. The van der Waals surface area contributed by atoms with Crippen LogP contribution in [-0.4, -0.2) is 41.9 Å². The molecule has 0 saturated heterocycles. The van der Waals surface area contributed by atoms with Crippen LogP contribution in [0.25, 0.3) is 0 Å². The number of anilines is 1. The number of hydrogen-bond acceptors (Lipinski definition) is 2. The molecular weight excluding hydrogens is 559 g/mol. The molecule has 13 heteroatoms. The zero-order chi connectivity index (χ0) is 28.7. The first-order valence-electron chi connectivity index (χ1n) is 11.6. The SMILES string of the molecule is CCCCCCN(Cc1cc(C(F)(F)F)cc(C(F)(F)F)c1)C(=O)N(C)CC(=O)Nc1ccc(Cl)c(Cl)c1. The van der Waals surface area contributed by atoms with Gasteiger partial charge in [-0.25, -0.2) is 4.79 Å². The van der Waals surface area contributed by atoms with Crippen LogP contribution in [0.3, 0.4) is 0 Å². The van der Waals surface area contributed by atoms with Crippen molar-refractivity contribution in [1.29, 1.82) is 0 Å². The number of nitrogens with one attached hydrogen (secondary N) is 1. The molecule has 0 saturated carbocycles. The van der Waals surface area contributed by atoms with Crippen LogP contribution in [0.15, 0.2) is 36.4 Å². The number of hydrogen-bond donors (Lipinski definition) is 1. The van der Waals surface area contributed by atoms with Crippen molar-refractivity contribution in [3.63, 3.8) is 0 Å². The highest BCUT2D eigenvalue weighted by Crippen LogP contribution is 2.36. The zero-order valence-corrected chi connectivity index (χ0v) is 22.2. The number of urea groups is 1. The van der Waals surface area contributed by atoms with Crippen molar-refractivity contribution in [2.24, 2.45) is 0 Å². The highest BCUT2D eigenvalue weighted by atomic mass is 35.5. The number of rotatable bonds is 10. The van der Waals surface area contributed by atoms with E-state index in [2.05, 4.69) is 5.32 Å². The largest absolute Gasteiger partial charge is 0.416 e. The maximum Gasteiger partial charge on any atom is 0.416 e. The lowest BCUT2D eigenvalue weighted by molar-refractivity contribution is -0.143. The summed E-state index contributed by atoms with van der Waals surface area (Å²) in [5.41, 5.74) is -2.93. The Morgan fingerprint density at radius 1 is 0.868 bits per heavy atom. The molecule has 2 aromatic rings. The summed E-state index contributed by atoms with van der Waals surface area (Å²) in [6.07, 6.45) is -7.11. The van der Waals surface area contributed by atoms with E-state index in [1.165, 1.54) is 25.2 Å². The molecule has 0 spiro atoms. The van der Waals surface area contributed by atoms with E-state index in [-0.39, 0.29) is 28.2 Å². The number of alkyl halides is 6. The fraction of sp³-hybridized carbons (Fsp3) is 0.440. The molecule has 2 rings (SSSR count). The Balaban J connectivity index is 2.24. The van der Waals surface area contributed by atoms with Gasteiger partial charge in [0, 0.05) is 25.8 Å². The molecule has 0 bridgehead atoms. The minimum Gasteiger partial charge on any atom is -0.324 e. The molecule has 5 nitrogen and oxygen atoms in total. The number of halogens is 8. The van der Waals surface area contributed by atoms with Gasteiger partial charge in [-0.3, -0.25) is 4.79 Å². The van der Waals surface area contributed by atoms with E-state index in [1.54, 1.807) is 0 Å². The molecule has 2 aromatic carbocycles. The fourth-order valence-electron chi connectivity index (χ4n) is 3.60. The molecule has 0 unspecified atom stereocenters. The summed E-state index contributed by atoms with van der Waals surface area (Å²) in [7, 11) is 1.31. The minimum atomic E-state index is -5.01. The van der Waals surface area contributed by atoms with Gasteiger partial charge in [0.15, 0.2) is 0 Å². The Morgan fingerprint density at radius 2 is 1.47 bits per heavy atom. The maximum atomic E-state index is 13.3. The minimum absolute atomic E-state index is 0.0381. The second kappa shape index (κ2) is 13.4. The van der Waals surface area contributed by atoms with Crippen molar-refractivity contribution in [3.8, 4) is 0 Å². The number of likely N-dealkylation sites (N-methyl/N-ethyl adjacent to an activating group) is 1. The topological polar surface area (TPSA) is 52.7 Å². The summed E-state index contributed by atoms with van der Waals surface area (Å²) in [4.78, 5) is 27.8. The van der Waals surface area contributed by atoms with Gasteiger partial charge >= 0.3 is 18.4 Å². The highest BCUT2D eigenvalue weighted by Gasteiger charge is 2.37. The summed E-state index contributed by atoms with van der Waals surface area (Å²) < 4.78 is 79.8. The van der Waals surface area contributed by atoms with E-state index in [1.807, 2.05) is 6.92 Å². The lowest BCUT2D eigenvalue weighted by Gasteiger charge is -2.29. The average molecular weight is 586 g/mol. The molecule has 1 N–H and O–H groups in total. The Bertz CT molecular complexity index is 1090. The van der Waals surface area contributed by atoms with E-state index in [0.29, 0.717) is 30.7 Å². The van der Waals surface area contributed by atoms with Gasteiger partial charge in [-0.1, -0.05) is 49.4 Å². The van der Waals surface area contributed by atoms with Crippen LogP contribution >= 0.6 is 23.2 Å². The van der Waals surface area contributed by atoms with Crippen molar-refractivity contribution >= 4 is 40.8 Å². The van der Waals surface area contributed by atoms with Gasteiger partial charge in [-0.2, -0.15) is 26.3 Å². The van der Waals surface area contributed by atoms with Crippen LogP contribution in [0.1, 0.15) is 49.3 Å². The van der Waals surface area contributed by atoms with Crippen LogP contribution in [0.5, 0.6) is 0 Å². The molecule has 0 aliphatic rings. The summed E-state index contributed by atoms with van der Waals surface area (Å²) in [5, 5.41) is 3.03. The van der Waals surface area contributed by atoms with Crippen LogP contribution in [0, 0.1) is 0 Å². The lowest BCUT2D eigenvalue weighted by atomic mass is 10.0. The second-order valence-electron chi connectivity index (χ2n) is 8.71. The number of carbonyl (C=O) groups excluding carboxylic acids is 2. The van der Waals surface area contributed by atoms with Gasteiger partial charge in [0.25, 0.3) is 0 Å². The average Bonchev–Trinajstić information content (AvgIpc) is 2.81. The molecule has 0 atom stereocenters. The van der Waals surface area contributed by atoms with Gasteiger partial charge in [-0.15, -0.1) is 0 Å². The monoisotopic (exact) mass is 585 g/mol. The van der Waals surface area contributed by atoms with Crippen LogP contribution in [-0.2, 0) is 23.7 Å². The molecule has 0 aliphatic carbocycles. The fourth-order valence-corrected chi connectivity index (χ4v) is 3.90. The van der Waals surface area contributed by atoms with Crippen LogP contribution in [0.4, 0.5) is 36.8 Å². The molecular formula is C25H27Cl2F6N3O2. The standard InChI is InChI=1S/C25H27Cl2F6N3O2/c1-3-4-5-6-9-36(14-16-10-17(24(28,29)30)12-18(11-16)25(31,32)33)23(38)35(2)15-22(37)34-19-7-8-20(26)21(27)13-19/h7-8,10-13H,3-6,9,14-15H2,1-2H3,(H,34,37). The number of unbranched alkanes of at least 4 members (excludes halogenated alkanes) is 3. The van der Waals surface area contributed by atoms with Crippen molar-refractivity contribution < 1.29 is 35.9 Å². The van der Waals surface area contributed by atoms with Crippen molar-refractivity contribution in [2.75, 3.05) is 25.5 Å². The third-order valence-electron chi connectivity index (χ3n) is 5.48. The summed E-state index contributed by atoms with van der Waals surface area (Å²) in [5.74, 6) is -0.594. The predicted octanol–water partition coefficient (Wildman–Crippen LogP) is 8.10. The van der Waals surface area contributed by atoms with Gasteiger partial charge in [0.2, 0.25) is 5.91 Å². The smallest absolute Gasteiger partial charge is 0.324 e. The first kappa shape index (κ1) is 31.6. The Labute approximate surface area is 226 Å². The Kier molecular flexibility index (Phi) is 11.1. The number of benzene rings is 2. The van der Waals surface area contributed by atoms with Crippen molar-refractivity contribution in [1.82, 2.24) is 9.80 Å². The number of amides is 3.